The normalized spacial score (nSPS) is 18.9. The highest BCUT2D eigenvalue weighted by atomic mass is 16.5. The van der Waals surface area contributed by atoms with E-state index >= 15 is 0 Å². The molecule has 1 aromatic rings. The van der Waals surface area contributed by atoms with E-state index in [-0.39, 0.29) is 11.8 Å². The highest BCUT2D eigenvalue weighted by Crippen LogP contribution is 2.24. The molecule has 1 aliphatic heterocycles. The second-order valence-corrected chi connectivity index (χ2v) is 4.36. The second kappa shape index (κ2) is 5.89. The summed E-state index contributed by atoms with van der Waals surface area (Å²) in [6.45, 7) is 4.90. The van der Waals surface area contributed by atoms with Crippen molar-refractivity contribution < 1.29 is 9.53 Å². The first-order chi connectivity index (χ1) is 8.27. The number of ketones is 1. The lowest BCUT2D eigenvalue weighted by Crippen LogP contribution is -2.39. The summed E-state index contributed by atoms with van der Waals surface area (Å²) in [7, 11) is 0. The average Bonchev–Trinajstić information content (AvgIpc) is 2.38. The molecule has 0 radical (unpaired) electrons. The van der Waals surface area contributed by atoms with E-state index in [0.29, 0.717) is 6.42 Å². The van der Waals surface area contributed by atoms with E-state index in [4.69, 9.17) is 4.74 Å². The molecule has 0 aromatic carbocycles. The highest BCUT2D eigenvalue weighted by Gasteiger charge is 2.23. The summed E-state index contributed by atoms with van der Waals surface area (Å²) in [6, 6.07) is 4.10. The Labute approximate surface area is 102 Å². The maximum atomic E-state index is 11.4. The van der Waals surface area contributed by atoms with Gasteiger partial charge in [0.2, 0.25) is 0 Å². The highest BCUT2D eigenvalue weighted by molar-refractivity contribution is 5.76. The molecule has 1 unspecified atom stereocenters. The molecule has 0 aliphatic carbocycles. The van der Waals surface area contributed by atoms with E-state index in [1.54, 1.807) is 13.1 Å². The molecule has 2 heterocycles. The van der Waals surface area contributed by atoms with Gasteiger partial charge >= 0.3 is 0 Å². The third-order valence-electron chi connectivity index (χ3n) is 3.04. The van der Waals surface area contributed by atoms with Crippen LogP contribution in [0, 0.1) is 0 Å². The number of carbonyl (C=O) groups is 1. The van der Waals surface area contributed by atoms with Crippen molar-refractivity contribution in [1.82, 2.24) is 9.88 Å². The van der Waals surface area contributed by atoms with Crippen molar-refractivity contribution in [1.29, 1.82) is 0 Å². The predicted octanol–water partition coefficient (Wildman–Crippen LogP) is 1.43. The quantitative estimate of drug-likeness (QED) is 0.790. The molecule has 1 fully saturated rings. The van der Waals surface area contributed by atoms with Gasteiger partial charge in [0.05, 0.1) is 13.2 Å². The number of Topliss-reactive ketones (excluding diaryl/α,β-unsaturated/α-hetero) is 1. The summed E-state index contributed by atoms with van der Waals surface area (Å²) in [4.78, 5) is 17.8. The number of morpholine rings is 1. The maximum absolute atomic E-state index is 11.4. The third kappa shape index (κ3) is 3.35. The third-order valence-corrected chi connectivity index (χ3v) is 3.04. The van der Waals surface area contributed by atoms with Crippen molar-refractivity contribution >= 4 is 5.78 Å². The minimum Gasteiger partial charge on any atom is -0.379 e. The minimum absolute atomic E-state index is 0.144. The number of ether oxygens (including phenoxy) is 1. The molecule has 4 nitrogen and oxygen atoms in total. The summed E-state index contributed by atoms with van der Waals surface area (Å²) in [5, 5.41) is 0. The van der Waals surface area contributed by atoms with Gasteiger partial charge in [-0.1, -0.05) is 6.07 Å². The molecule has 1 saturated heterocycles. The topological polar surface area (TPSA) is 42.4 Å². The zero-order chi connectivity index (χ0) is 12.1. The van der Waals surface area contributed by atoms with Gasteiger partial charge in [0.25, 0.3) is 0 Å². The smallest absolute Gasteiger partial charge is 0.131 e. The molecular formula is C13H18N2O2. The van der Waals surface area contributed by atoms with Crippen LogP contribution in [0.1, 0.15) is 24.9 Å². The first kappa shape index (κ1) is 12.2. The number of hydrogen-bond donors (Lipinski definition) is 0. The Balaban J connectivity index is 2.15. The first-order valence-electron chi connectivity index (χ1n) is 5.98. The lowest BCUT2D eigenvalue weighted by molar-refractivity contribution is -0.118. The molecule has 17 heavy (non-hydrogen) atoms. The van der Waals surface area contributed by atoms with Crippen LogP contribution in [-0.2, 0) is 9.53 Å². The molecule has 1 aromatic heterocycles. The Morgan fingerprint density at radius 3 is 2.88 bits per heavy atom. The Kier molecular flexibility index (Phi) is 4.23. The fourth-order valence-electron chi connectivity index (χ4n) is 2.19. The Morgan fingerprint density at radius 2 is 2.29 bits per heavy atom. The van der Waals surface area contributed by atoms with Crippen LogP contribution < -0.4 is 0 Å². The van der Waals surface area contributed by atoms with Crippen LogP contribution >= 0.6 is 0 Å². The van der Waals surface area contributed by atoms with E-state index in [1.807, 2.05) is 18.3 Å². The summed E-state index contributed by atoms with van der Waals surface area (Å²) in [5.41, 5.74) is 1.12. The molecule has 4 heteroatoms. The van der Waals surface area contributed by atoms with Gasteiger partial charge in [0, 0.05) is 37.9 Å². The number of carbonyl (C=O) groups excluding carboxylic acids is 1. The SMILES string of the molecule is CC(=O)CC(c1cccnc1)N1CCOCC1. The molecule has 2 rings (SSSR count). The van der Waals surface area contributed by atoms with Crippen LogP contribution in [0.15, 0.2) is 24.5 Å². The van der Waals surface area contributed by atoms with E-state index in [2.05, 4.69) is 9.88 Å². The average molecular weight is 234 g/mol. The molecule has 1 aliphatic rings. The summed E-state index contributed by atoms with van der Waals surface area (Å²) in [5.74, 6) is 0.213. The van der Waals surface area contributed by atoms with Gasteiger partial charge in [-0.15, -0.1) is 0 Å². The van der Waals surface area contributed by atoms with Gasteiger partial charge in [-0.2, -0.15) is 0 Å². The fourth-order valence-corrected chi connectivity index (χ4v) is 2.19. The van der Waals surface area contributed by atoms with Crippen LogP contribution in [0.2, 0.25) is 0 Å². The van der Waals surface area contributed by atoms with E-state index in [9.17, 15) is 4.79 Å². The van der Waals surface area contributed by atoms with Crippen molar-refractivity contribution in [2.24, 2.45) is 0 Å². The lowest BCUT2D eigenvalue weighted by Gasteiger charge is -2.34. The fraction of sp³-hybridized carbons (Fsp3) is 0.538. The maximum Gasteiger partial charge on any atom is 0.131 e. The zero-order valence-corrected chi connectivity index (χ0v) is 10.1. The largest absolute Gasteiger partial charge is 0.379 e. The standard InChI is InChI=1S/C13H18N2O2/c1-11(16)9-13(12-3-2-4-14-10-12)15-5-7-17-8-6-15/h2-4,10,13H,5-9H2,1H3. The summed E-state index contributed by atoms with van der Waals surface area (Å²) < 4.78 is 5.35. The Bertz CT molecular complexity index is 361. The molecule has 0 bridgehead atoms. The van der Waals surface area contributed by atoms with E-state index in [1.165, 1.54) is 0 Å². The van der Waals surface area contributed by atoms with Crippen molar-refractivity contribution in [3.8, 4) is 0 Å². The van der Waals surface area contributed by atoms with Gasteiger partial charge in [-0.3, -0.25) is 14.7 Å². The van der Waals surface area contributed by atoms with Crippen molar-refractivity contribution in [2.45, 2.75) is 19.4 Å². The van der Waals surface area contributed by atoms with Crippen LogP contribution in [-0.4, -0.2) is 42.0 Å². The number of rotatable bonds is 4. The van der Waals surface area contributed by atoms with Crippen LogP contribution in [0.25, 0.3) is 0 Å². The number of nitrogens with zero attached hydrogens (tertiary/aromatic N) is 2. The van der Waals surface area contributed by atoms with Gasteiger partial charge in [0.15, 0.2) is 0 Å². The molecule has 0 amide bonds. The Hall–Kier alpha value is -1.26. The molecule has 1 atom stereocenters. The van der Waals surface area contributed by atoms with E-state index < -0.39 is 0 Å². The summed E-state index contributed by atoms with van der Waals surface area (Å²) >= 11 is 0. The Morgan fingerprint density at radius 1 is 1.53 bits per heavy atom. The van der Waals surface area contributed by atoms with Crippen molar-refractivity contribution in [3.05, 3.63) is 30.1 Å². The molecule has 0 saturated carbocycles. The minimum atomic E-state index is 0.144. The predicted molar refractivity (Wildman–Crippen MR) is 64.7 cm³/mol. The van der Waals surface area contributed by atoms with E-state index in [0.717, 1.165) is 31.9 Å². The zero-order valence-electron chi connectivity index (χ0n) is 10.1. The molecule has 0 spiro atoms. The first-order valence-corrected chi connectivity index (χ1v) is 5.98. The van der Waals surface area contributed by atoms with Crippen LogP contribution in [0.3, 0.4) is 0 Å². The lowest BCUT2D eigenvalue weighted by atomic mass is 10.0. The number of pyridine rings is 1. The van der Waals surface area contributed by atoms with Gasteiger partial charge in [-0.05, 0) is 18.6 Å². The molecular weight excluding hydrogens is 216 g/mol. The van der Waals surface area contributed by atoms with Gasteiger partial charge in [-0.25, -0.2) is 0 Å². The number of aromatic nitrogens is 1. The van der Waals surface area contributed by atoms with Crippen LogP contribution in [0.5, 0.6) is 0 Å². The molecule has 92 valence electrons. The second-order valence-electron chi connectivity index (χ2n) is 4.36. The number of hydrogen-bond acceptors (Lipinski definition) is 4. The van der Waals surface area contributed by atoms with Gasteiger partial charge in [0.1, 0.15) is 5.78 Å². The van der Waals surface area contributed by atoms with Gasteiger partial charge < -0.3 is 4.74 Å². The van der Waals surface area contributed by atoms with Crippen molar-refractivity contribution in [2.75, 3.05) is 26.3 Å². The molecule has 0 N–H and O–H groups in total. The summed E-state index contributed by atoms with van der Waals surface area (Å²) in [6.07, 6.45) is 4.16. The van der Waals surface area contributed by atoms with Crippen molar-refractivity contribution in [3.63, 3.8) is 0 Å². The monoisotopic (exact) mass is 234 g/mol. The van der Waals surface area contributed by atoms with Crippen LogP contribution in [0.4, 0.5) is 0 Å².